The monoisotopic (exact) mass is 272 g/mol. The topological polar surface area (TPSA) is 66.2 Å². The quantitative estimate of drug-likeness (QED) is 0.559. The number of aromatic amines is 1. The van der Waals surface area contributed by atoms with E-state index in [0.717, 1.165) is 25.9 Å². The van der Waals surface area contributed by atoms with Crippen molar-refractivity contribution in [2.45, 2.75) is 26.7 Å². The minimum absolute atomic E-state index is 0.547. The minimum Gasteiger partial charge on any atom is -0.370 e. The summed E-state index contributed by atoms with van der Waals surface area (Å²) >= 11 is 0. The molecule has 0 bridgehead atoms. The van der Waals surface area contributed by atoms with E-state index in [1.54, 1.807) is 0 Å². The molecule has 0 fully saturated rings. The van der Waals surface area contributed by atoms with Crippen molar-refractivity contribution < 1.29 is 0 Å². The first-order valence-electron chi connectivity index (χ1n) is 7.25. The largest absolute Gasteiger partial charge is 0.370 e. The second-order valence-electron chi connectivity index (χ2n) is 5.49. The van der Waals surface area contributed by atoms with Gasteiger partial charge in [-0.1, -0.05) is 32.0 Å². The molecule has 0 spiro atoms. The predicted octanol–water partition coefficient (Wildman–Crippen LogP) is 2.66. The summed E-state index contributed by atoms with van der Waals surface area (Å²) < 4.78 is 0. The number of hydrogen-bond acceptors (Lipinski definition) is 1. The fourth-order valence-electron chi connectivity index (χ4n) is 2.16. The van der Waals surface area contributed by atoms with E-state index in [0.29, 0.717) is 11.9 Å². The Bertz CT molecular complexity index is 569. The van der Waals surface area contributed by atoms with Gasteiger partial charge in [-0.05, 0) is 30.4 Å². The molecule has 0 aliphatic heterocycles. The normalized spacial score (nSPS) is 12.2. The summed E-state index contributed by atoms with van der Waals surface area (Å²) in [5, 5.41) is 4.46. The third-order valence-corrected chi connectivity index (χ3v) is 3.36. The minimum atomic E-state index is 0.547. The number of hydrogen-bond donors (Lipinski definition) is 3. The summed E-state index contributed by atoms with van der Waals surface area (Å²) in [7, 11) is 0. The highest BCUT2D eigenvalue weighted by Crippen LogP contribution is 2.17. The molecule has 0 aliphatic rings. The van der Waals surface area contributed by atoms with Gasteiger partial charge in [0.15, 0.2) is 5.96 Å². The molecular formula is C16H24N4. The van der Waals surface area contributed by atoms with Gasteiger partial charge < -0.3 is 16.0 Å². The maximum Gasteiger partial charge on any atom is 0.188 e. The standard InChI is InChI=1S/C16H24N4/c1-12(2)7-9-18-16(17)19-10-8-13-11-20-15-6-4-3-5-14(13)15/h3-6,11-12,20H,7-10H2,1-2H3,(H3,17,18,19). The number of guanidine groups is 1. The van der Waals surface area contributed by atoms with Crippen LogP contribution in [0.25, 0.3) is 10.9 Å². The lowest BCUT2D eigenvalue weighted by Crippen LogP contribution is -2.33. The summed E-state index contributed by atoms with van der Waals surface area (Å²) in [4.78, 5) is 7.60. The van der Waals surface area contributed by atoms with Gasteiger partial charge in [0.25, 0.3) is 0 Å². The van der Waals surface area contributed by atoms with Crippen LogP contribution in [-0.4, -0.2) is 24.0 Å². The highest BCUT2D eigenvalue weighted by molar-refractivity contribution is 5.83. The van der Waals surface area contributed by atoms with Crippen molar-refractivity contribution in [2.24, 2.45) is 16.6 Å². The van der Waals surface area contributed by atoms with Crippen molar-refractivity contribution in [2.75, 3.05) is 13.1 Å². The molecule has 0 radical (unpaired) electrons. The number of nitrogens with one attached hydrogen (secondary N) is 2. The zero-order chi connectivity index (χ0) is 14.4. The van der Waals surface area contributed by atoms with E-state index in [1.807, 2.05) is 6.07 Å². The van der Waals surface area contributed by atoms with Crippen LogP contribution in [0.5, 0.6) is 0 Å². The molecule has 4 heteroatoms. The Balaban J connectivity index is 1.81. The molecule has 2 rings (SSSR count). The SMILES string of the molecule is CC(C)CCN=C(N)NCCc1c[nH]c2ccccc12. The van der Waals surface area contributed by atoms with Gasteiger partial charge >= 0.3 is 0 Å². The van der Waals surface area contributed by atoms with E-state index in [4.69, 9.17) is 5.73 Å². The molecule has 0 saturated heterocycles. The van der Waals surface area contributed by atoms with Gasteiger partial charge in [-0.2, -0.15) is 0 Å². The number of nitrogens with zero attached hydrogens (tertiary/aromatic N) is 1. The van der Waals surface area contributed by atoms with E-state index >= 15 is 0 Å². The molecule has 0 aliphatic carbocycles. The maximum atomic E-state index is 5.84. The van der Waals surface area contributed by atoms with Crippen molar-refractivity contribution >= 4 is 16.9 Å². The van der Waals surface area contributed by atoms with Crippen molar-refractivity contribution in [1.82, 2.24) is 10.3 Å². The number of aliphatic imine (C=N–C) groups is 1. The van der Waals surface area contributed by atoms with Crippen LogP contribution < -0.4 is 11.1 Å². The molecule has 108 valence electrons. The van der Waals surface area contributed by atoms with Gasteiger partial charge in [0.2, 0.25) is 0 Å². The second kappa shape index (κ2) is 6.98. The Kier molecular flexibility index (Phi) is 5.04. The Labute approximate surface area is 120 Å². The highest BCUT2D eigenvalue weighted by atomic mass is 15.1. The van der Waals surface area contributed by atoms with Gasteiger partial charge in [-0.3, -0.25) is 4.99 Å². The van der Waals surface area contributed by atoms with E-state index in [2.05, 4.69) is 53.5 Å². The number of rotatable bonds is 6. The summed E-state index contributed by atoms with van der Waals surface area (Å²) in [6, 6.07) is 8.34. The molecule has 0 amide bonds. The molecule has 4 nitrogen and oxygen atoms in total. The van der Waals surface area contributed by atoms with Crippen LogP contribution in [0.15, 0.2) is 35.5 Å². The first-order valence-corrected chi connectivity index (χ1v) is 7.25. The van der Waals surface area contributed by atoms with Crippen molar-refractivity contribution in [1.29, 1.82) is 0 Å². The molecule has 1 heterocycles. The number of fused-ring (bicyclic) bond motifs is 1. The van der Waals surface area contributed by atoms with Gasteiger partial charge in [-0.15, -0.1) is 0 Å². The number of para-hydroxylation sites is 1. The van der Waals surface area contributed by atoms with Crippen LogP contribution in [0.2, 0.25) is 0 Å². The highest BCUT2D eigenvalue weighted by Gasteiger charge is 2.02. The van der Waals surface area contributed by atoms with Crippen LogP contribution in [0, 0.1) is 5.92 Å². The molecule has 2 aromatic rings. The summed E-state index contributed by atoms with van der Waals surface area (Å²) in [6.07, 6.45) is 4.08. The summed E-state index contributed by atoms with van der Waals surface area (Å²) in [5.41, 5.74) is 8.33. The first-order chi connectivity index (χ1) is 9.66. The molecule has 0 atom stereocenters. The van der Waals surface area contributed by atoms with Crippen LogP contribution in [0.1, 0.15) is 25.8 Å². The predicted molar refractivity (Wildman–Crippen MR) is 85.9 cm³/mol. The van der Waals surface area contributed by atoms with E-state index in [1.165, 1.54) is 16.5 Å². The van der Waals surface area contributed by atoms with Crippen LogP contribution >= 0.6 is 0 Å². The first kappa shape index (κ1) is 14.4. The maximum absolute atomic E-state index is 5.84. The van der Waals surface area contributed by atoms with Crippen LogP contribution in [0.3, 0.4) is 0 Å². The fourth-order valence-corrected chi connectivity index (χ4v) is 2.16. The molecular weight excluding hydrogens is 248 g/mol. The molecule has 0 unspecified atom stereocenters. The molecule has 20 heavy (non-hydrogen) atoms. The molecule has 4 N–H and O–H groups in total. The Morgan fingerprint density at radius 3 is 2.95 bits per heavy atom. The van der Waals surface area contributed by atoms with Gasteiger partial charge in [0, 0.05) is 30.2 Å². The fraction of sp³-hybridized carbons (Fsp3) is 0.438. The van der Waals surface area contributed by atoms with Crippen LogP contribution in [0.4, 0.5) is 0 Å². The summed E-state index contributed by atoms with van der Waals surface area (Å²) in [5.74, 6) is 1.21. The van der Waals surface area contributed by atoms with E-state index in [9.17, 15) is 0 Å². The third-order valence-electron chi connectivity index (χ3n) is 3.36. The van der Waals surface area contributed by atoms with Gasteiger partial charge in [-0.25, -0.2) is 0 Å². The lowest BCUT2D eigenvalue weighted by Gasteiger charge is -2.06. The third kappa shape index (κ3) is 4.02. The smallest absolute Gasteiger partial charge is 0.188 e. The molecule has 1 aromatic carbocycles. The van der Waals surface area contributed by atoms with Crippen LogP contribution in [-0.2, 0) is 6.42 Å². The van der Waals surface area contributed by atoms with Gasteiger partial charge in [0.1, 0.15) is 0 Å². The molecule has 0 saturated carbocycles. The summed E-state index contributed by atoms with van der Waals surface area (Å²) in [6.45, 7) is 5.98. The Morgan fingerprint density at radius 2 is 2.15 bits per heavy atom. The van der Waals surface area contributed by atoms with E-state index < -0.39 is 0 Å². The lowest BCUT2D eigenvalue weighted by atomic mass is 10.1. The zero-order valence-corrected chi connectivity index (χ0v) is 12.3. The number of nitrogens with two attached hydrogens (primary N) is 1. The average molecular weight is 272 g/mol. The van der Waals surface area contributed by atoms with Gasteiger partial charge in [0.05, 0.1) is 0 Å². The number of benzene rings is 1. The number of aromatic nitrogens is 1. The second-order valence-corrected chi connectivity index (χ2v) is 5.49. The average Bonchev–Trinajstić information content (AvgIpc) is 2.82. The Hall–Kier alpha value is -1.97. The van der Waals surface area contributed by atoms with E-state index in [-0.39, 0.29) is 0 Å². The lowest BCUT2D eigenvalue weighted by molar-refractivity contribution is 0.595. The Morgan fingerprint density at radius 1 is 1.35 bits per heavy atom. The van der Waals surface area contributed by atoms with Crippen molar-refractivity contribution in [3.05, 3.63) is 36.0 Å². The zero-order valence-electron chi connectivity index (χ0n) is 12.3. The van der Waals surface area contributed by atoms with Crippen molar-refractivity contribution in [3.63, 3.8) is 0 Å². The number of H-pyrrole nitrogens is 1. The molecule has 1 aromatic heterocycles. The van der Waals surface area contributed by atoms with Crippen molar-refractivity contribution in [3.8, 4) is 0 Å².